The third kappa shape index (κ3) is 5.41. The molecule has 0 aliphatic heterocycles. The van der Waals surface area contributed by atoms with Gasteiger partial charge in [0.25, 0.3) is 0 Å². The van der Waals surface area contributed by atoms with E-state index in [1.165, 1.54) is 38.1 Å². The molecule has 1 aromatic rings. The van der Waals surface area contributed by atoms with E-state index in [-0.39, 0.29) is 11.2 Å². The van der Waals surface area contributed by atoms with Crippen LogP contribution in [0.3, 0.4) is 0 Å². The van der Waals surface area contributed by atoms with Gasteiger partial charge in [-0.1, -0.05) is 20.8 Å². The summed E-state index contributed by atoms with van der Waals surface area (Å²) >= 11 is 0. The molecule has 0 amide bonds. The smallest absolute Gasteiger partial charge is 0.338 e. The molecule has 0 aliphatic carbocycles. The van der Waals surface area contributed by atoms with Crippen LogP contribution < -0.4 is 9.84 Å². The van der Waals surface area contributed by atoms with Crippen molar-refractivity contribution in [3.05, 3.63) is 29.8 Å². The summed E-state index contributed by atoms with van der Waals surface area (Å²) in [6, 6.07) is 5.79. The Bertz CT molecular complexity index is 608. The van der Waals surface area contributed by atoms with Gasteiger partial charge in [0.05, 0.1) is 5.56 Å². The monoisotopic (exact) mass is 357 g/mol. The van der Waals surface area contributed by atoms with E-state index >= 15 is 0 Å². The van der Waals surface area contributed by atoms with Crippen LogP contribution in [0.1, 0.15) is 51.4 Å². The normalized spacial score (nSPS) is 13.4. The zero-order chi connectivity index (χ0) is 19.4. The SMILES string of the molecule is CCC(C)(C)Oc1ccc(C(=O)OC(C(C)C)C(F)(F)C(=O)[O-])cc1. The van der Waals surface area contributed by atoms with Crippen molar-refractivity contribution in [1.82, 2.24) is 0 Å². The maximum atomic E-state index is 13.7. The van der Waals surface area contributed by atoms with Gasteiger partial charge in [0.2, 0.25) is 0 Å². The minimum atomic E-state index is -4.28. The Balaban J connectivity index is 2.91. The molecule has 25 heavy (non-hydrogen) atoms. The van der Waals surface area contributed by atoms with Gasteiger partial charge in [0.1, 0.15) is 17.3 Å². The summed E-state index contributed by atoms with van der Waals surface area (Å²) in [7, 11) is 0. The standard InChI is InChI=1S/C18H24F2O5/c1-6-17(4,5)25-13-9-7-12(8-10-13)15(21)24-14(11(2)3)18(19,20)16(22)23/h7-11,14H,6H2,1-5H3,(H,22,23)/p-1. The molecule has 0 fully saturated rings. The van der Waals surface area contributed by atoms with E-state index in [9.17, 15) is 23.5 Å². The van der Waals surface area contributed by atoms with E-state index in [4.69, 9.17) is 9.47 Å². The van der Waals surface area contributed by atoms with Gasteiger partial charge >= 0.3 is 11.9 Å². The summed E-state index contributed by atoms with van der Waals surface area (Å²) in [4.78, 5) is 22.7. The maximum Gasteiger partial charge on any atom is 0.338 e. The van der Waals surface area contributed by atoms with Crippen LogP contribution in [0.5, 0.6) is 5.75 Å². The number of carboxylic acid groups (broad SMARTS) is 1. The highest BCUT2D eigenvalue weighted by Gasteiger charge is 2.46. The van der Waals surface area contributed by atoms with E-state index in [2.05, 4.69) is 0 Å². The predicted octanol–water partition coefficient (Wildman–Crippen LogP) is 2.82. The molecule has 1 atom stereocenters. The van der Waals surface area contributed by atoms with Gasteiger partial charge in [-0.15, -0.1) is 0 Å². The van der Waals surface area contributed by atoms with Gasteiger partial charge in [-0.05, 0) is 50.5 Å². The van der Waals surface area contributed by atoms with E-state index in [0.29, 0.717) is 5.75 Å². The minimum Gasteiger partial charge on any atom is -0.544 e. The van der Waals surface area contributed by atoms with Crippen LogP contribution in [0.4, 0.5) is 8.78 Å². The van der Waals surface area contributed by atoms with E-state index < -0.39 is 29.9 Å². The number of hydrogen-bond acceptors (Lipinski definition) is 5. The fourth-order valence-electron chi connectivity index (χ4n) is 1.98. The molecule has 1 unspecified atom stereocenters. The summed E-state index contributed by atoms with van der Waals surface area (Å²) in [5.41, 5.74) is -0.372. The van der Waals surface area contributed by atoms with Crippen LogP contribution in [0.25, 0.3) is 0 Å². The lowest BCUT2D eigenvalue weighted by atomic mass is 10.0. The number of benzene rings is 1. The summed E-state index contributed by atoms with van der Waals surface area (Å²) in [5.74, 6) is -8.29. The number of carboxylic acids is 1. The molecule has 140 valence electrons. The van der Waals surface area contributed by atoms with Crippen molar-refractivity contribution in [3.63, 3.8) is 0 Å². The van der Waals surface area contributed by atoms with Gasteiger partial charge in [0, 0.05) is 0 Å². The Morgan fingerprint density at radius 2 is 1.68 bits per heavy atom. The Hall–Kier alpha value is -2.18. The second-order valence-electron chi connectivity index (χ2n) is 6.72. The molecule has 0 radical (unpaired) electrons. The quantitative estimate of drug-likeness (QED) is 0.669. The Kier molecular flexibility index (Phi) is 6.51. The van der Waals surface area contributed by atoms with Crippen LogP contribution in [0, 0.1) is 5.92 Å². The molecule has 5 nitrogen and oxygen atoms in total. The van der Waals surface area contributed by atoms with E-state index in [1.807, 2.05) is 20.8 Å². The second kappa shape index (κ2) is 7.80. The van der Waals surface area contributed by atoms with Crippen molar-refractivity contribution in [1.29, 1.82) is 0 Å². The average molecular weight is 357 g/mol. The molecular weight excluding hydrogens is 334 g/mol. The highest BCUT2D eigenvalue weighted by Crippen LogP contribution is 2.28. The molecule has 0 aromatic heterocycles. The van der Waals surface area contributed by atoms with Crippen LogP contribution in [-0.4, -0.2) is 29.6 Å². The molecular formula is C18H23F2O5-. The zero-order valence-corrected chi connectivity index (χ0v) is 15.0. The van der Waals surface area contributed by atoms with Crippen molar-refractivity contribution in [2.45, 2.75) is 58.7 Å². The molecule has 0 N–H and O–H groups in total. The Labute approximate surface area is 145 Å². The fourth-order valence-corrected chi connectivity index (χ4v) is 1.98. The second-order valence-corrected chi connectivity index (χ2v) is 6.72. The molecule has 0 bridgehead atoms. The van der Waals surface area contributed by atoms with Crippen molar-refractivity contribution in [3.8, 4) is 5.75 Å². The number of rotatable bonds is 8. The summed E-state index contributed by atoms with van der Waals surface area (Å²) in [5, 5.41) is 10.6. The first-order valence-corrected chi connectivity index (χ1v) is 8.00. The van der Waals surface area contributed by atoms with Crippen molar-refractivity contribution >= 4 is 11.9 Å². The maximum absolute atomic E-state index is 13.7. The molecule has 0 saturated heterocycles. The van der Waals surface area contributed by atoms with E-state index in [1.54, 1.807) is 0 Å². The summed E-state index contributed by atoms with van der Waals surface area (Å²) in [6.07, 6.45) is -1.36. The molecule has 7 heteroatoms. The molecule has 0 spiro atoms. The number of esters is 1. The first kappa shape index (κ1) is 20.9. The Morgan fingerprint density at radius 3 is 2.08 bits per heavy atom. The highest BCUT2D eigenvalue weighted by atomic mass is 19.3. The lowest BCUT2D eigenvalue weighted by molar-refractivity contribution is -0.337. The van der Waals surface area contributed by atoms with Gasteiger partial charge in [-0.2, -0.15) is 8.78 Å². The lowest BCUT2D eigenvalue weighted by Crippen LogP contribution is -2.53. The number of alkyl halides is 2. The number of hydrogen-bond donors (Lipinski definition) is 0. The van der Waals surface area contributed by atoms with Gasteiger partial charge < -0.3 is 19.4 Å². The minimum absolute atomic E-state index is 0.0152. The third-order valence-electron chi connectivity index (χ3n) is 3.80. The molecule has 0 heterocycles. The zero-order valence-electron chi connectivity index (χ0n) is 15.0. The molecule has 0 aliphatic rings. The summed E-state index contributed by atoms with van der Waals surface area (Å²) in [6.45, 7) is 8.45. The first-order valence-electron chi connectivity index (χ1n) is 8.00. The van der Waals surface area contributed by atoms with Gasteiger partial charge in [-0.3, -0.25) is 0 Å². The van der Waals surface area contributed by atoms with E-state index in [0.717, 1.165) is 6.42 Å². The van der Waals surface area contributed by atoms with Crippen molar-refractivity contribution in [2.75, 3.05) is 0 Å². The molecule has 1 rings (SSSR count). The largest absolute Gasteiger partial charge is 0.544 e. The third-order valence-corrected chi connectivity index (χ3v) is 3.80. The fraction of sp³-hybridized carbons (Fsp3) is 0.556. The van der Waals surface area contributed by atoms with Crippen LogP contribution in [0.15, 0.2) is 24.3 Å². The van der Waals surface area contributed by atoms with Crippen LogP contribution >= 0.6 is 0 Å². The highest BCUT2D eigenvalue weighted by molar-refractivity contribution is 5.90. The van der Waals surface area contributed by atoms with Crippen molar-refractivity contribution < 1.29 is 33.0 Å². The van der Waals surface area contributed by atoms with Gasteiger partial charge in [-0.25, -0.2) is 4.79 Å². The van der Waals surface area contributed by atoms with Gasteiger partial charge in [0.15, 0.2) is 6.10 Å². The van der Waals surface area contributed by atoms with Crippen LogP contribution in [-0.2, 0) is 9.53 Å². The topological polar surface area (TPSA) is 75.7 Å². The number of ether oxygens (including phenoxy) is 2. The number of carbonyl (C=O) groups is 2. The number of halogens is 2. The number of aliphatic carboxylic acids is 1. The summed E-state index contributed by atoms with van der Waals surface area (Å²) < 4.78 is 37.8. The number of carbonyl (C=O) groups excluding carboxylic acids is 2. The predicted molar refractivity (Wildman–Crippen MR) is 85.4 cm³/mol. The first-order chi connectivity index (χ1) is 11.4. The van der Waals surface area contributed by atoms with Crippen molar-refractivity contribution in [2.24, 2.45) is 5.92 Å². The molecule has 1 aromatic carbocycles. The Morgan fingerprint density at radius 1 is 1.16 bits per heavy atom. The lowest BCUT2D eigenvalue weighted by Gasteiger charge is -2.30. The van der Waals surface area contributed by atoms with Crippen LogP contribution in [0.2, 0.25) is 0 Å². The molecule has 0 saturated carbocycles. The average Bonchev–Trinajstić information content (AvgIpc) is 2.52.